The number of carbonyl (C=O) groups excluding carboxylic acids is 2. The molecule has 2 N–H and O–H groups in total. The molecule has 0 saturated carbocycles. The van der Waals surface area contributed by atoms with E-state index in [2.05, 4.69) is 10.6 Å². The van der Waals surface area contributed by atoms with Gasteiger partial charge in [0.2, 0.25) is 5.91 Å². The van der Waals surface area contributed by atoms with E-state index in [9.17, 15) is 9.59 Å². The van der Waals surface area contributed by atoms with Gasteiger partial charge in [0, 0.05) is 23.9 Å². The van der Waals surface area contributed by atoms with Crippen LogP contribution in [0.25, 0.3) is 0 Å². The minimum absolute atomic E-state index is 0.170. The van der Waals surface area contributed by atoms with Crippen molar-refractivity contribution in [3.8, 4) is 0 Å². The number of amides is 2. The van der Waals surface area contributed by atoms with Crippen LogP contribution in [0.4, 0.5) is 11.4 Å². The van der Waals surface area contributed by atoms with Gasteiger partial charge >= 0.3 is 0 Å². The molecule has 6 heteroatoms. The first-order valence-corrected chi connectivity index (χ1v) is 7.27. The third-order valence-corrected chi connectivity index (χ3v) is 3.81. The lowest BCUT2D eigenvalue weighted by molar-refractivity contribution is -0.114. The topological polar surface area (TPSA) is 58.2 Å². The molecule has 0 unspecified atom stereocenters. The second-order valence-corrected chi connectivity index (χ2v) is 5.56. The molecule has 0 atom stereocenters. The van der Waals surface area contributed by atoms with Crippen molar-refractivity contribution < 1.29 is 9.59 Å². The maximum absolute atomic E-state index is 12.3. The number of anilines is 2. The number of carbonyl (C=O) groups is 2. The highest BCUT2D eigenvalue weighted by Crippen LogP contribution is 2.26. The van der Waals surface area contributed by atoms with Crippen molar-refractivity contribution in [3.05, 3.63) is 57.6 Å². The number of rotatable bonds is 3. The van der Waals surface area contributed by atoms with E-state index in [0.717, 1.165) is 5.56 Å². The van der Waals surface area contributed by atoms with E-state index >= 15 is 0 Å². The van der Waals surface area contributed by atoms with Crippen LogP contribution in [0, 0.1) is 6.92 Å². The summed E-state index contributed by atoms with van der Waals surface area (Å²) in [5.74, 6) is -0.474. The monoisotopic (exact) mass is 336 g/mol. The van der Waals surface area contributed by atoms with Crippen LogP contribution >= 0.6 is 23.2 Å². The van der Waals surface area contributed by atoms with Crippen molar-refractivity contribution in [1.82, 2.24) is 0 Å². The quantitative estimate of drug-likeness (QED) is 0.866. The zero-order valence-electron chi connectivity index (χ0n) is 12.0. The molecular formula is C16H14Cl2N2O2. The summed E-state index contributed by atoms with van der Waals surface area (Å²) in [5.41, 5.74) is 2.44. The van der Waals surface area contributed by atoms with Gasteiger partial charge in [0.05, 0.1) is 10.0 Å². The van der Waals surface area contributed by atoms with Gasteiger partial charge < -0.3 is 10.6 Å². The zero-order valence-corrected chi connectivity index (χ0v) is 13.5. The molecule has 114 valence electrons. The summed E-state index contributed by atoms with van der Waals surface area (Å²) in [6, 6.07) is 9.95. The van der Waals surface area contributed by atoms with Crippen LogP contribution in [-0.4, -0.2) is 11.8 Å². The highest BCUT2D eigenvalue weighted by molar-refractivity contribution is 6.42. The highest BCUT2D eigenvalue weighted by atomic mass is 35.5. The Morgan fingerprint density at radius 2 is 1.59 bits per heavy atom. The fourth-order valence-electron chi connectivity index (χ4n) is 1.93. The Kier molecular flexibility index (Phi) is 5.06. The van der Waals surface area contributed by atoms with Crippen molar-refractivity contribution >= 4 is 46.4 Å². The number of benzene rings is 2. The molecule has 0 aromatic heterocycles. The minimum Gasteiger partial charge on any atom is -0.326 e. The van der Waals surface area contributed by atoms with Crippen LogP contribution in [-0.2, 0) is 4.79 Å². The average Bonchev–Trinajstić information content (AvgIpc) is 2.45. The van der Waals surface area contributed by atoms with Gasteiger partial charge in [-0.15, -0.1) is 0 Å². The predicted octanol–water partition coefficient (Wildman–Crippen LogP) is 4.51. The maximum Gasteiger partial charge on any atom is 0.255 e. The Hall–Kier alpha value is -2.04. The van der Waals surface area contributed by atoms with Gasteiger partial charge in [0.15, 0.2) is 0 Å². The van der Waals surface area contributed by atoms with Crippen LogP contribution in [0.1, 0.15) is 22.8 Å². The summed E-state index contributed by atoms with van der Waals surface area (Å²) in [4.78, 5) is 23.4. The fraction of sp³-hybridized carbons (Fsp3) is 0.125. The third kappa shape index (κ3) is 3.78. The van der Waals surface area contributed by atoms with Crippen molar-refractivity contribution in [2.24, 2.45) is 0 Å². The molecule has 0 aliphatic carbocycles. The van der Waals surface area contributed by atoms with Gasteiger partial charge in [0.1, 0.15) is 0 Å². The van der Waals surface area contributed by atoms with E-state index in [1.165, 1.54) is 13.0 Å². The maximum atomic E-state index is 12.3. The van der Waals surface area contributed by atoms with Gasteiger partial charge in [-0.2, -0.15) is 0 Å². The van der Waals surface area contributed by atoms with Crippen LogP contribution < -0.4 is 10.6 Å². The van der Waals surface area contributed by atoms with Crippen molar-refractivity contribution in [3.63, 3.8) is 0 Å². The van der Waals surface area contributed by atoms with Gasteiger partial charge in [-0.1, -0.05) is 29.3 Å². The van der Waals surface area contributed by atoms with E-state index in [1.54, 1.807) is 30.3 Å². The molecule has 0 fully saturated rings. The summed E-state index contributed by atoms with van der Waals surface area (Å²) in [6.07, 6.45) is 0. The molecule has 0 bridgehead atoms. The van der Waals surface area contributed by atoms with Gasteiger partial charge in [-0.25, -0.2) is 0 Å². The fourth-order valence-corrected chi connectivity index (χ4v) is 2.23. The lowest BCUT2D eigenvalue weighted by atomic mass is 10.1. The molecule has 2 aromatic carbocycles. The Balaban J connectivity index is 2.24. The molecule has 2 rings (SSSR count). The highest BCUT2D eigenvalue weighted by Gasteiger charge is 2.11. The Morgan fingerprint density at radius 1 is 0.955 bits per heavy atom. The average molecular weight is 337 g/mol. The first-order valence-electron chi connectivity index (χ1n) is 6.52. The van der Waals surface area contributed by atoms with E-state index in [1.807, 2.05) is 6.92 Å². The molecule has 0 aliphatic rings. The molecule has 0 aliphatic heterocycles. The summed E-state index contributed by atoms with van der Waals surface area (Å²) in [7, 11) is 0. The Bertz CT molecular complexity index is 745. The van der Waals surface area contributed by atoms with Crippen LogP contribution in [0.5, 0.6) is 0 Å². The summed E-state index contributed by atoms with van der Waals surface area (Å²) >= 11 is 11.8. The SMILES string of the molecule is CC(=O)Nc1cccc(NC(=O)c2ccc(Cl)c(Cl)c2)c1C. The lowest BCUT2D eigenvalue weighted by Crippen LogP contribution is -2.14. The van der Waals surface area contributed by atoms with E-state index in [4.69, 9.17) is 23.2 Å². The number of hydrogen-bond donors (Lipinski definition) is 2. The van der Waals surface area contributed by atoms with Gasteiger partial charge in [-0.05, 0) is 42.8 Å². The smallest absolute Gasteiger partial charge is 0.255 e. The second kappa shape index (κ2) is 6.81. The van der Waals surface area contributed by atoms with Crippen molar-refractivity contribution in [1.29, 1.82) is 0 Å². The Morgan fingerprint density at radius 3 is 2.18 bits per heavy atom. The third-order valence-electron chi connectivity index (χ3n) is 3.07. The van der Waals surface area contributed by atoms with Crippen LogP contribution in [0.15, 0.2) is 36.4 Å². The molecule has 0 spiro atoms. The minimum atomic E-state index is -0.304. The number of hydrogen-bond acceptors (Lipinski definition) is 2. The lowest BCUT2D eigenvalue weighted by Gasteiger charge is -2.13. The van der Waals surface area contributed by atoms with Crippen molar-refractivity contribution in [2.75, 3.05) is 10.6 Å². The number of halogens is 2. The van der Waals surface area contributed by atoms with E-state index in [-0.39, 0.29) is 11.8 Å². The second-order valence-electron chi connectivity index (χ2n) is 4.74. The Labute approximate surface area is 138 Å². The van der Waals surface area contributed by atoms with Crippen LogP contribution in [0.3, 0.4) is 0 Å². The largest absolute Gasteiger partial charge is 0.326 e. The molecular weight excluding hydrogens is 323 g/mol. The molecule has 2 amide bonds. The first kappa shape index (κ1) is 16.3. The molecule has 0 saturated heterocycles. The summed E-state index contributed by atoms with van der Waals surface area (Å²) in [6.45, 7) is 3.25. The zero-order chi connectivity index (χ0) is 16.3. The molecule has 4 nitrogen and oxygen atoms in total. The summed E-state index contributed by atoms with van der Waals surface area (Å²) < 4.78 is 0. The van der Waals surface area contributed by atoms with Crippen molar-refractivity contribution in [2.45, 2.75) is 13.8 Å². The predicted molar refractivity (Wildman–Crippen MR) is 89.9 cm³/mol. The molecule has 22 heavy (non-hydrogen) atoms. The van der Waals surface area contributed by atoms with Gasteiger partial charge in [-0.3, -0.25) is 9.59 Å². The van der Waals surface area contributed by atoms with Gasteiger partial charge in [0.25, 0.3) is 5.91 Å². The molecule has 2 aromatic rings. The summed E-state index contributed by atoms with van der Waals surface area (Å²) in [5, 5.41) is 6.22. The van der Waals surface area contributed by atoms with E-state index in [0.29, 0.717) is 27.0 Å². The molecule has 0 radical (unpaired) electrons. The van der Waals surface area contributed by atoms with Crippen LogP contribution in [0.2, 0.25) is 10.0 Å². The first-order chi connectivity index (χ1) is 10.4. The van der Waals surface area contributed by atoms with E-state index < -0.39 is 0 Å². The normalized spacial score (nSPS) is 10.2. The molecule has 0 heterocycles. The number of nitrogens with one attached hydrogen (secondary N) is 2. The standard InChI is InChI=1S/C16H14Cl2N2O2/c1-9-14(19-10(2)21)4-3-5-15(9)20-16(22)11-6-7-12(17)13(18)8-11/h3-8H,1-2H3,(H,19,21)(H,20,22).